The molecule has 0 aliphatic carbocycles. The van der Waals surface area contributed by atoms with E-state index in [0.29, 0.717) is 33.5 Å². The highest BCUT2D eigenvalue weighted by molar-refractivity contribution is 6.07. The Balaban J connectivity index is 2.11. The number of aryl methyl sites for hydroxylation is 1. The number of benzene rings is 2. The monoisotopic (exact) mass is 373 g/mol. The maximum Gasteiger partial charge on any atom is 0.340 e. The molecule has 28 heavy (non-hydrogen) atoms. The van der Waals surface area contributed by atoms with Crippen LogP contribution in [0.4, 0.5) is 0 Å². The normalized spacial score (nSPS) is 10.9. The molecule has 2 heterocycles. The van der Waals surface area contributed by atoms with Crippen LogP contribution in [0.25, 0.3) is 27.8 Å². The molecule has 140 valence electrons. The van der Waals surface area contributed by atoms with Crippen LogP contribution in [-0.2, 0) is 4.74 Å². The molecule has 0 fully saturated rings. The summed E-state index contributed by atoms with van der Waals surface area (Å²) in [6, 6.07) is 18.6. The summed E-state index contributed by atoms with van der Waals surface area (Å²) in [5.74, 6) is -0.486. The van der Waals surface area contributed by atoms with E-state index in [4.69, 9.17) is 4.74 Å². The van der Waals surface area contributed by atoms with Gasteiger partial charge in [0, 0.05) is 5.56 Å². The second-order valence-electron chi connectivity index (χ2n) is 6.35. The van der Waals surface area contributed by atoms with Crippen molar-refractivity contribution in [1.29, 1.82) is 0 Å². The molecule has 0 radical (unpaired) electrons. The SMILES string of the molecule is CCOC(=O)c1c(C)nc2[nH]n(-c3ccccc3)c(=O)c2c1-c1ccccc1. The number of nitrogens with zero attached hydrogens (tertiary/aromatic N) is 2. The molecule has 6 heteroatoms. The van der Waals surface area contributed by atoms with Gasteiger partial charge in [0.25, 0.3) is 5.56 Å². The quantitative estimate of drug-likeness (QED) is 0.551. The number of pyridine rings is 1. The van der Waals surface area contributed by atoms with Crippen molar-refractivity contribution in [3.05, 3.63) is 82.3 Å². The van der Waals surface area contributed by atoms with Crippen molar-refractivity contribution in [2.24, 2.45) is 0 Å². The molecule has 4 aromatic rings. The number of aromatic amines is 1. The fourth-order valence-electron chi connectivity index (χ4n) is 3.37. The van der Waals surface area contributed by atoms with Gasteiger partial charge < -0.3 is 4.74 Å². The maximum atomic E-state index is 13.3. The first kappa shape index (κ1) is 17.7. The van der Waals surface area contributed by atoms with Crippen molar-refractivity contribution in [2.75, 3.05) is 6.61 Å². The lowest BCUT2D eigenvalue weighted by molar-refractivity contribution is 0.0526. The van der Waals surface area contributed by atoms with Gasteiger partial charge in [0.15, 0.2) is 5.65 Å². The van der Waals surface area contributed by atoms with E-state index in [-0.39, 0.29) is 12.2 Å². The number of aromatic nitrogens is 3. The largest absolute Gasteiger partial charge is 0.462 e. The first-order chi connectivity index (χ1) is 13.6. The minimum absolute atomic E-state index is 0.242. The standard InChI is InChI=1S/C22H19N3O3/c1-3-28-22(27)17-14(2)23-20-19(18(17)15-10-6-4-7-11-15)21(26)25(24-20)16-12-8-5-9-13-16/h4-13H,3H2,1-2H3,(H,23,24). The number of hydrogen-bond acceptors (Lipinski definition) is 4. The van der Waals surface area contributed by atoms with E-state index in [1.807, 2.05) is 60.7 Å². The van der Waals surface area contributed by atoms with Crippen LogP contribution in [0.5, 0.6) is 0 Å². The van der Waals surface area contributed by atoms with Gasteiger partial charge >= 0.3 is 5.97 Å². The molecule has 2 aromatic heterocycles. The van der Waals surface area contributed by atoms with Gasteiger partial charge in [0.05, 0.1) is 28.9 Å². The zero-order valence-electron chi connectivity index (χ0n) is 15.6. The Hall–Kier alpha value is -3.67. The minimum atomic E-state index is -0.486. The Morgan fingerprint density at radius 2 is 1.71 bits per heavy atom. The van der Waals surface area contributed by atoms with E-state index >= 15 is 0 Å². The predicted molar refractivity (Wildman–Crippen MR) is 108 cm³/mol. The van der Waals surface area contributed by atoms with E-state index in [1.54, 1.807) is 13.8 Å². The summed E-state index contributed by atoms with van der Waals surface area (Å²) in [6.45, 7) is 3.74. The zero-order valence-corrected chi connectivity index (χ0v) is 15.6. The van der Waals surface area contributed by atoms with Gasteiger partial charge in [-0.15, -0.1) is 0 Å². The fraction of sp³-hybridized carbons (Fsp3) is 0.136. The molecule has 0 bridgehead atoms. The van der Waals surface area contributed by atoms with Crippen LogP contribution in [0.3, 0.4) is 0 Å². The van der Waals surface area contributed by atoms with E-state index < -0.39 is 5.97 Å². The second-order valence-corrected chi connectivity index (χ2v) is 6.35. The van der Waals surface area contributed by atoms with E-state index in [0.717, 1.165) is 5.56 Å². The highest BCUT2D eigenvalue weighted by Crippen LogP contribution is 2.31. The Labute approximate surface area is 161 Å². The number of para-hydroxylation sites is 1. The highest BCUT2D eigenvalue weighted by atomic mass is 16.5. The number of esters is 1. The van der Waals surface area contributed by atoms with Gasteiger partial charge in [-0.1, -0.05) is 48.5 Å². The van der Waals surface area contributed by atoms with Crippen molar-refractivity contribution in [3.63, 3.8) is 0 Å². The first-order valence-electron chi connectivity index (χ1n) is 9.05. The zero-order chi connectivity index (χ0) is 19.7. The Morgan fingerprint density at radius 1 is 1.07 bits per heavy atom. The molecule has 0 spiro atoms. The summed E-state index contributed by atoms with van der Waals surface area (Å²) in [5, 5.41) is 3.43. The Morgan fingerprint density at radius 3 is 2.36 bits per heavy atom. The van der Waals surface area contributed by atoms with Gasteiger partial charge in [-0.3, -0.25) is 9.89 Å². The molecule has 0 atom stereocenters. The molecular formula is C22H19N3O3. The fourth-order valence-corrected chi connectivity index (χ4v) is 3.37. The average Bonchev–Trinajstić information content (AvgIpc) is 3.04. The van der Waals surface area contributed by atoms with Gasteiger partial charge in [0.1, 0.15) is 0 Å². The maximum absolute atomic E-state index is 13.3. The summed E-state index contributed by atoms with van der Waals surface area (Å²) < 4.78 is 6.70. The molecule has 0 aliphatic rings. The summed E-state index contributed by atoms with van der Waals surface area (Å²) in [4.78, 5) is 30.5. The molecule has 2 aromatic carbocycles. The van der Waals surface area contributed by atoms with Crippen molar-refractivity contribution in [1.82, 2.24) is 14.8 Å². The van der Waals surface area contributed by atoms with Gasteiger partial charge in [-0.2, -0.15) is 0 Å². The van der Waals surface area contributed by atoms with Crippen LogP contribution >= 0.6 is 0 Å². The van der Waals surface area contributed by atoms with Crippen molar-refractivity contribution in [2.45, 2.75) is 13.8 Å². The third-order valence-electron chi connectivity index (χ3n) is 4.57. The number of H-pyrrole nitrogens is 1. The molecule has 1 N–H and O–H groups in total. The van der Waals surface area contributed by atoms with Crippen molar-refractivity contribution >= 4 is 17.0 Å². The van der Waals surface area contributed by atoms with Gasteiger partial charge in [-0.25, -0.2) is 14.5 Å². The number of fused-ring (bicyclic) bond motifs is 1. The summed E-state index contributed by atoms with van der Waals surface area (Å²) in [7, 11) is 0. The van der Waals surface area contributed by atoms with Crippen molar-refractivity contribution in [3.8, 4) is 16.8 Å². The predicted octanol–water partition coefficient (Wildman–Crippen LogP) is 3.87. The third-order valence-corrected chi connectivity index (χ3v) is 4.57. The molecule has 0 saturated carbocycles. The van der Waals surface area contributed by atoms with E-state index in [2.05, 4.69) is 10.1 Å². The molecule has 4 rings (SSSR count). The van der Waals surface area contributed by atoms with E-state index in [1.165, 1.54) is 4.68 Å². The minimum Gasteiger partial charge on any atom is -0.462 e. The van der Waals surface area contributed by atoms with E-state index in [9.17, 15) is 9.59 Å². The smallest absolute Gasteiger partial charge is 0.340 e. The summed E-state index contributed by atoms with van der Waals surface area (Å²) in [5.41, 5.74) is 2.98. The topological polar surface area (TPSA) is 77.0 Å². The lowest BCUT2D eigenvalue weighted by atomic mass is 9.96. The van der Waals surface area contributed by atoms with Gasteiger partial charge in [-0.05, 0) is 31.5 Å². The number of carbonyl (C=O) groups is 1. The number of carbonyl (C=O) groups excluding carboxylic acids is 1. The number of hydrogen-bond donors (Lipinski definition) is 1. The third kappa shape index (κ3) is 2.89. The highest BCUT2D eigenvalue weighted by Gasteiger charge is 2.25. The second kappa shape index (κ2) is 7.15. The summed E-state index contributed by atoms with van der Waals surface area (Å²) in [6.07, 6.45) is 0. The van der Waals surface area contributed by atoms with Crippen LogP contribution in [0.15, 0.2) is 65.5 Å². The lowest BCUT2D eigenvalue weighted by Gasteiger charge is -2.12. The Kier molecular flexibility index (Phi) is 4.53. The van der Waals surface area contributed by atoms with Gasteiger partial charge in [0.2, 0.25) is 0 Å². The number of nitrogens with one attached hydrogen (secondary N) is 1. The van der Waals surface area contributed by atoms with Crippen LogP contribution in [-0.4, -0.2) is 27.3 Å². The molecule has 0 aliphatic heterocycles. The first-order valence-corrected chi connectivity index (χ1v) is 9.05. The lowest BCUT2D eigenvalue weighted by Crippen LogP contribution is -2.16. The summed E-state index contributed by atoms with van der Waals surface area (Å²) >= 11 is 0. The Bertz CT molecular complexity index is 1210. The van der Waals surface area contributed by atoms with Crippen LogP contribution in [0.1, 0.15) is 23.0 Å². The molecule has 6 nitrogen and oxygen atoms in total. The molecule has 0 saturated heterocycles. The number of rotatable bonds is 4. The average molecular weight is 373 g/mol. The van der Waals surface area contributed by atoms with Crippen LogP contribution in [0, 0.1) is 6.92 Å². The molecular weight excluding hydrogens is 354 g/mol. The van der Waals surface area contributed by atoms with Crippen molar-refractivity contribution < 1.29 is 9.53 Å². The van der Waals surface area contributed by atoms with Crippen LogP contribution < -0.4 is 5.56 Å². The number of ether oxygens (including phenoxy) is 1. The molecule has 0 amide bonds. The van der Waals surface area contributed by atoms with Crippen LogP contribution in [0.2, 0.25) is 0 Å². The molecule has 0 unspecified atom stereocenters.